The van der Waals surface area contributed by atoms with Gasteiger partial charge in [-0.25, -0.2) is 0 Å². The zero-order valence-corrected chi connectivity index (χ0v) is 14.1. The van der Waals surface area contributed by atoms with E-state index in [0.29, 0.717) is 13.2 Å². The van der Waals surface area contributed by atoms with Crippen LogP contribution < -0.4 is 0 Å². The molecule has 0 bridgehead atoms. The maximum absolute atomic E-state index is 5.88. The van der Waals surface area contributed by atoms with E-state index in [1.54, 1.807) is 0 Å². The highest BCUT2D eigenvalue weighted by Gasteiger charge is 2.15. The Morgan fingerprint density at radius 3 is 2.45 bits per heavy atom. The van der Waals surface area contributed by atoms with Crippen LogP contribution in [0.2, 0.25) is 19.6 Å². The van der Waals surface area contributed by atoms with E-state index in [1.165, 1.54) is 5.56 Å². The van der Waals surface area contributed by atoms with Crippen molar-refractivity contribution in [2.45, 2.75) is 39.6 Å². The summed E-state index contributed by atoms with van der Waals surface area (Å²) in [6.45, 7) is 13.8. The lowest BCUT2D eigenvalue weighted by molar-refractivity contribution is 0.141. The third-order valence-electron chi connectivity index (χ3n) is 2.56. The predicted octanol–water partition coefficient (Wildman–Crippen LogP) is 4.90. The summed E-state index contributed by atoms with van der Waals surface area (Å²) >= 11 is 0. The molecule has 1 aromatic rings. The topological polar surface area (TPSA) is 18.5 Å². The maximum atomic E-state index is 5.88. The zero-order valence-electron chi connectivity index (χ0n) is 13.1. The second-order valence-corrected chi connectivity index (χ2v) is 10.4. The first-order valence-corrected chi connectivity index (χ1v) is 10.4. The molecule has 0 aliphatic carbocycles. The molecule has 20 heavy (non-hydrogen) atoms. The van der Waals surface area contributed by atoms with Crippen LogP contribution in [-0.2, 0) is 15.8 Å². The molecular weight excluding hydrogens is 264 g/mol. The van der Waals surface area contributed by atoms with E-state index in [-0.39, 0.29) is 0 Å². The number of ether oxygens (including phenoxy) is 1. The number of hydrogen-bond acceptors (Lipinski definition) is 2. The van der Waals surface area contributed by atoms with Gasteiger partial charge < -0.3 is 9.16 Å². The summed E-state index contributed by atoms with van der Waals surface area (Å²) < 4.78 is 11.5. The summed E-state index contributed by atoms with van der Waals surface area (Å²) in [6, 6.07) is 10.2. The molecule has 0 saturated carbocycles. The third kappa shape index (κ3) is 7.97. The van der Waals surface area contributed by atoms with Crippen LogP contribution in [0.1, 0.15) is 18.9 Å². The fourth-order valence-corrected chi connectivity index (χ4v) is 2.81. The minimum atomic E-state index is -1.49. The molecule has 3 heteroatoms. The largest absolute Gasteiger partial charge is 0.548 e. The molecule has 0 fully saturated rings. The molecule has 1 rings (SSSR count). The highest BCUT2D eigenvalue weighted by molar-refractivity contribution is 6.70. The summed E-state index contributed by atoms with van der Waals surface area (Å²) in [7, 11) is -1.49. The molecule has 0 amide bonds. The lowest BCUT2D eigenvalue weighted by Crippen LogP contribution is -2.24. The van der Waals surface area contributed by atoms with Crippen molar-refractivity contribution in [1.82, 2.24) is 0 Å². The van der Waals surface area contributed by atoms with Crippen LogP contribution in [0.15, 0.2) is 54.3 Å². The Balaban J connectivity index is 2.25. The van der Waals surface area contributed by atoms with E-state index < -0.39 is 8.32 Å². The van der Waals surface area contributed by atoms with Crippen LogP contribution >= 0.6 is 0 Å². The summed E-state index contributed by atoms with van der Waals surface area (Å²) in [5, 5.41) is 0. The first-order valence-electron chi connectivity index (χ1n) is 7.01. The number of hydrogen-bond donors (Lipinski definition) is 0. The van der Waals surface area contributed by atoms with E-state index in [1.807, 2.05) is 25.1 Å². The molecule has 0 heterocycles. The van der Waals surface area contributed by atoms with Gasteiger partial charge in [0.05, 0.1) is 19.0 Å². The summed E-state index contributed by atoms with van der Waals surface area (Å²) in [5.41, 5.74) is 2.26. The summed E-state index contributed by atoms with van der Waals surface area (Å²) in [4.78, 5) is 0. The number of benzene rings is 1. The third-order valence-corrected chi connectivity index (χ3v) is 3.50. The van der Waals surface area contributed by atoms with E-state index >= 15 is 0 Å². The van der Waals surface area contributed by atoms with Crippen molar-refractivity contribution in [3.05, 3.63) is 59.9 Å². The Morgan fingerprint density at radius 2 is 1.85 bits per heavy atom. The minimum Gasteiger partial charge on any atom is -0.548 e. The lowest BCUT2D eigenvalue weighted by Gasteiger charge is -2.19. The molecular formula is C17H26O2Si. The smallest absolute Gasteiger partial charge is 0.241 e. The van der Waals surface area contributed by atoms with Crippen LogP contribution in [-0.4, -0.2) is 14.9 Å². The van der Waals surface area contributed by atoms with E-state index in [4.69, 9.17) is 9.16 Å². The lowest BCUT2D eigenvalue weighted by atomic mass is 10.2. The molecule has 0 N–H and O–H groups in total. The van der Waals surface area contributed by atoms with Crippen molar-refractivity contribution in [2.75, 3.05) is 6.61 Å². The maximum Gasteiger partial charge on any atom is 0.241 e. The number of allylic oxidation sites excluding steroid dienone is 2. The predicted molar refractivity (Wildman–Crippen MR) is 88.0 cm³/mol. The quantitative estimate of drug-likeness (QED) is 0.385. The Kier molecular flexibility index (Phi) is 6.75. The second-order valence-electron chi connectivity index (χ2n) is 5.96. The average Bonchev–Trinajstić information content (AvgIpc) is 2.36. The Morgan fingerprint density at radius 1 is 1.20 bits per heavy atom. The summed E-state index contributed by atoms with van der Waals surface area (Å²) in [5.74, 6) is 0.994. The molecule has 0 unspecified atom stereocenters. The first kappa shape index (κ1) is 16.7. The van der Waals surface area contributed by atoms with Crippen molar-refractivity contribution in [3.8, 4) is 0 Å². The normalized spacial score (nSPS) is 12.3. The molecule has 0 aromatic heterocycles. The number of rotatable bonds is 8. The van der Waals surface area contributed by atoms with Gasteiger partial charge in [0.25, 0.3) is 0 Å². The standard InChI is InChI=1S/C17H26O2Si/c1-15(11-12-16(2)19-20(3,4)5)13-18-14-17-9-7-6-8-10-17/h6-10,12H,1,11,13-14H2,2-5H3/b16-12+. The average molecular weight is 290 g/mol. The van der Waals surface area contributed by atoms with Crippen LogP contribution in [0, 0.1) is 0 Å². The second kappa shape index (κ2) is 8.07. The van der Waals surface area contributed by atoms with Gasteiger partial charge in [0.1, 0.15) is 0 Å². The van der Waals surface area contributed by atoms with Crippen molar-refractivity contribution >= 4 is 8.32 Å². The first-order chi connectivity index (χ1) is 9.37. The fourth-order valence-electron chi connectivity index (χ4n) is 1.76. The van der Waals surface area contributed by atoms with Gasteiger partial charge in [-0.05, 0) is 50.2 Å². The molecule has 1 aromatic carbocycles. The van der Waals surface area contributed by atoms with E-state index in [2.05, 4.69) is 44.4 Å². The van der Waals surface area contributed by atoms with Gasteiger partial charge in [-0.3, -0.25) is 0 Å². The van der Waals surface area contributed by atoms with Gasteiger partial charge in [-0.1, -0.05) is 36.9 Å². The molecule has 0 aliphatic rings. The SMILES string of the molecule is C=C(C/C=C(\C)O[Si](C)(C)C)COCc1ccccc1. The molecule has 0 spiro atoms. The Hall–Kier alpha value is -1.32. The van der Waals surface area contributed by atoms with Gasteiger partial charge >= 0.3 is 0 Å². The molecule has 0 aliphatic heterocycles. The Bertz CT molecular complexity index is 444. The Labute approximate surface area is 124 Å². The van der Waals surface area contributed by atoms with Crippen LogP contribution in [0.25, 0.3) is 0 Å². The fraction of sp³-hybridized carbons (Fsp3) is 0.412. The van der Waals surface area contributed by atoms with E-state index in [0.717, 1.165) is 17.8 Å². The molecule has 0 saturated heterocycles. The highest BCUT2D eigenvalue weighted by atomic mass is 28.4. The van der Waals surface area contributed by atoms with E-state index in [9.17, 15) is 0 Å². The van der Waals surface area contributed by atoms with Gasteiger partial charge in [0.15, 0.2) is 0 Å². The van der Waals surface area contributed by atoms with Crippen molar-refractivity contribution in [3.63, 3.8) is 0 Å². The van der Waals surface area contributed by atoms with Crippen molar-refractivity contribution < 1.29 is 9.16 Å². The van der Waals surface area contributed by atoms with Crippen LogP contribution in [0.5, 0.6) is 0 Å². The zero-order chi connectivity index (χ0) is 15.0. The van der Waals surface area contributed by atoms with Gasteiger partial charge in [-0.2, -0.15) is 0 Å². The summed E-state index contributed by atoms with van der Waals surface area (Å²) in [6.07, 6.45) is 2.90. The minimum absolute atomic E-state index is 0.589. The van der Waals surface area contributed by atoms with Crippen molar-refractivity contribution in [1.29, 1.82) is 0 Å². The van der Waals surface area contributed by atoms with Crippen LogP contribution in [0.3, 0.4) is 0 Å². The molecule has 0 radical (unpaired) electrons. The molecule has 0 atom stereocenters. The van der Waals surface area contributed by atoms with Crippen molar-refractivity contribution in [2.24, 2.45) is 0 Å². The van der Waals surface area contributed by atoms with Gasteiger partial charge in [-0.15, -0.1) is 0 Å². The molecule has 110 valence electrons. The monoisotopic (exact) mass is 290 g/mol. The van der Waals surface area contributed by atoms with Gasteiger partial charge in [0.2, 0.25) is 8.32 Å². The van der Waals surface area contributed by atoms with Gasteiger partial charge in [0, 0.05) is 0 Å². The highest BCUT2D eigenvalue weighted by Crippen LogP contribution is 2.12. The molecule has 2 nitrogen and oxygen atoms in total. The van der Waals surface area contributed by atoms with Crippen LogP contribution in [0.4, 0.5) is 0 Å².